The first-order valence-corrected chi connectivity index (χ1v) is 11.9. The number of carbonyl (C=O) groups excluding carboxylic acids is 1. The smallest absolute Gasteiger partial charge is 0.410 e. The summed E-state index contributed by atoms with van der Waals surface area (Å²) in [5.41, 5.74) is 0.469. The number of nitrogens with zero attached hydrogens (tertiary/aromatic N) is 4. The lowest BCUT2D eigenvalue weighted by Gasteiger charge is -2.39. The number of H-pyrrole nitrogens is 1. The number of amides is 1. The number of thiophene rings is 1. The van der Waals surface area contributed by atoms with Gasteiger partial charge in [0.1, 0.15) is 22.4 Å². The quantitative estimate of drug-likeness (QED) is 0.582. The van der Waals surface area contributed by atoms with Crippen LogP contribution in [0.15, 0.2) is 17.5 Å². The zero-order valence-corrected chi connectivity index (χ0v) is 19.5. The summed E-state index contributed by atoms with van der Waals surface area (Å²) < 4.78 is 11.9. The van der Waals surface area contributed by atoms with E-state index in [2.05, 4.69) is 25.5 Å². The lowest BCUT2D eigenvalue weighted by molar-refractivity contribution is -0.00811. The third-order valence-electron chi connectivity index (χ3n) is 5.82. The highest BCUT2D eigenvalue weighted by Gasteiger charge is 2.45. The summed E-state index contributed by atoms with van der Waals surface area (Å²) in [4.78, 5) is 24.7. The number of aryl methyl sites for hydroxylation is 1. The number of rotatable bonds is 4. The van der Waals surface area contributed by atoms with Crippen LogP contribution in [-0.2, 0) is 4.74 Å². The van der Waals surface area contributed by atoms with Crippen molar-refractivity contribution in [3.05, 3.63) is 23.2 Å². The van der Waals surface area contributed by atoms with Gasteiger partial charge < -0.3 is 19.7 Å². The van der Waals surface area contributed by atoms with Gasteiger partial charge in [-0.05, 0) is 52.0 Å². The highest BCUT2D eigenvalue weighted by Crippen LogP contribution is 2.38. The van der Waals surface area contributed by atoms with Gasteiger partial charge in [-0.3, -0.25) is 5.10 Å². The first-order valence-electron chi connectivity index (χ1n) is 11.0. The molecule has 2 bridgehead atoms. The van der Waals surface area contributed by atoms with Crippen LogP contribution in [0.4, 0.5) is 16.4 Å². The molecule has 3 aromatic heterocycles. The molecule has 5 heterocycles. The molecule has 170 valence electrons. The summed E-state index contributed by atoms with van der Waals surface area (Å²) in [7, 11) is 0. The van der Waals surface area contributed by atoms with Gasteiger partial charge in [-0.1, -0.05) is 0 Å². The van der Waals surface area contributed by atoms with E-state index in [4.69, 9.17) is 9.47 Å². The highest BCUT2D eigenvalue weighted by molar-refractivity contribution is 7.16. The molecular formula is C22H28N6O3S. The Kier molecular flexibility index (Phi) is 5.19. The Hall–Kier alpha value is -2.88. The summed E-state index contributed by atoms with van der Waals surface area (Å²) in [5, 5.41) is 13.4. The van der Waals surface area contributed by atoms with Crippen molar-refractivity contribution in [2.45, 2.75) is 77.2 Å². The largest absolute Gasteiger partial charge is 0.460 e. The van der Waals surface area contributed by atoms with Crippen LogP contribution in [0.1, 0.15) is 52.1 Å². The zero-order chi connectivity index (χ0) is 22.5. The fraction of sp³-hybridized carbons (Fsp3) is 0.545. The fourth-order valence-corrected chi connectivity index (χ4v) is 5.33. The molecule has 9 nitrogen and oxygen atoms in total. The Bertz CT molecular complexity index is 1120. The predicted molar refractivity (Wildman–Crippen MR) is 123 cm³/mol. The normalized spacial score (nSPS) is 22.9. The Morgan fingerprint density at radius 3 is 2.66 bits per heavy atom. The molecule has 10 heteroatoms. The van der Waals surface area contributed by atoms with Crippen LogP contribution in [0, 0.1) is 6.92 Å². The molecule has 5 rings (SSSR count). The van der Waals surface area contributed by atoms with Gasteiger partial charge in [0.15, 0.2) is 5.82 Å². The molecule has 0 saturated carbocycles. The number of nitrogens with one attached hydrogen (secondary N) is 2. The minimum Gasteiger partial charge on any atom is -0.460 e. The molecule has 0 aliphatic carbocycles. The fourth-order valence-electron chi connectivity index (χ4n) is 4.57. The van der Waals surface area contributed by atoms with Gasteiger partial charge in [-0.25, -0.2) is 4.79 Å². The molecule has 2 fully saturated rings. The molecule has 2 aliphatic rings. The summed E-state index contributed by atoms with van der Waals surface area (Å²) in [6, 6.07) is 4.52. The van der Waals surface area contributed by atoms with Gasteiger partial charge in [0.25, 0.3) is 0 Å². The van der Waals surface area contributed by atoms with E-state index in [1.807, 2.05) is 50.1 Å². The SMILES string of the molecule is Cc1cc(Nc2nc(OC3CC4CCC(C3)N4C(=O)OC(C)(C)C)nc3sccc23)n[nH]1. The van der Waals surface area contributed by atoms with Crippen LogP contribution in [0.3, 0.4) is 0 Å². The van der Waals surface area contributed by atoms with Crippen LogP contribution < -0.4 is 10.1 Å². The van der Waals surface area contributed by atoms with Crippen molar-refractivity contribution >= 4 is 39.3 Å². The average Bonchev–Trinajstić information content (AvgIpc) is 3.39. The van der Waals surface area contributed by atoms with Crippen molar-refractivity contribution in [1.29, 1.82) is 0 Å². The Morgan fingerprint density at radius 1 is 1.25 bits per heavy atom. The number of hydrogen-bond donors (Lipinski definition) is 2. The van der Waals surface area contributed by atoms with E-state index in [1.165, 1.54) is 0 Å². The number of anilines is 2. The van der Waals surface area contributed by atoms with Crippen molar-refractivity contribution in [1.82, 2.24) is 25.1 Å². The topological polar surface area (TPSA) is 105 Å². The molecule has 2 atom stereocenters. The van der Waals surface area contributed by atoms with Crippen molar-refractivity contribution < 1.29 is 14.3 Å². The molecule has 2 N–H and O–H groups in total. The first kappa shape index (κ1) is 21.0. The average molecular weight is 457 g/mol. The van der Waals surface area contributed by atoms with E-state index in [-0.39, 0.29) is 24.3 Å². The molecule has 0 spiro atoms. The number of hydrogen-bond acceptors (Lipinski definition) is 8. The second-order valence-electron chi connectivity index (χ2n) is 9.54. The summed E-state index contributed by atoms with van der Waals surface area (Å²) in [6.45, 7) is 7.65. The summed E-state index contributed by atoms with van der Waals surface area (Å²) >= 11 is 1.55. The van der Waals surface area contributed by atoms with Crippen molar-refractivity contribution in [2.75, 3.05) is 5.32 Å². The third-order valence-corrected chi connectivity index (χ3v) is 6.63. The van der Waals surface area contributed by atoms with Crippen LogP contribution in [0.2, 0.25) is 0 Å². The second-order valence-corrected chi connectivity index (χ2v) is 10.4. The summed E-state index contributed by atoms with van der Waals surface area (Å²) in [5.74, 6) is 1.37. The molecular weight excluding hydrogens is 428 g/mol. The number of piperidine rings is 1. The molecule has 0 radical (unpaired) electrons. The third kappa shape index (κ3) is 4.23. The predicted octanol–water partition coefficient (Wildman–Crippen LogP) is 4.78. The molecule has 1 amide bonds. The molecule has 32 heavy (non-hydrogen) atoms. The Balaban J connectivity index is 1.32. The van der Waals surface area contributed by atoms with Gasteiger partial charge >= 0.3 is 12.1 Å². The molecule has 2 saturated heterocycles. The number of aromatic nitrogens is 4. The highest BCUT2D eigenvalue weighted by atomic mass is 32.1. The standard InChI is InChI=1S/C22H28N6O3S/c1-12-9-17(27-26-12)23-18-16-7-8-32-19(16)25-20(24-18)30-15-10-13-5-6-14(11-15)28(13)21(29)31-22(2,3)4/h7-9,13-15H,5-6,10-11H2,1-4H3,(H2,23,24,25,26,27). The van der Waals surface area contributed by atoms with Gasteiger partial charge in [0, 0.05) is 36.7 Å². The van der Waals surface area contributed by atoms with Gasteiger partial charge in [-0.15, -0.1) is 11.3 Å². The zero-order valence-electron chi connectivity index (χ0n) is 18.7. The molecule has 2 unspecified atom stereocenters. The number of aromatic amines is 1. The van der Waals surface area contributed by atoms with Crippen molar-refractivity contribution in [3.63, 3.8) is 0 Å². The Labute approximate surface area is 190 Å². The lowest BCUT2D eigenvalue weighted by Crippen LogP contribution is -2.50. The van der Waals surface area contributed by atoms with Crippen LogP contribution in [0.25, 0.3) is 10.2 Å². The van der Waals surface area contributed by atoms with E-state index in [9.17, 15) is 4.79 Å². The van der Waals surface area contributed by atoms with Crippen LogP contribution in [-0.4, -0.2) is 54.9 Å². The number of ether oxygens (including phenoxy) is 2. The van der Waals surface area contributed by atoms with Gasteiger partial charge in [0.2, 0.25) is 0 Å². The first-order chi connectivity index (χ1) is 15.2. The maximum absolute atomic E-state index is 12.7. The molecule has 3 aromatic rings. The maximum atomic E-state index is 12.7. The molecule has 0 aromatic carbocycles. The second kappa shape index (κ2) is 7.91. The van der Waals surface area contributed by atoms with E-state index >= 15 is 0 Å². The monoisotopic (exact) mass is 456 g/mol. The van der Waals surface area contributed by atoms with Crippen molar-refractivity contribution in [2.24, 2.45) is 0 Å². The Morgan fingerprint density at radius 2 is 2.00 bits per heavy atom. The van der Waals surface area contributed by atoms with E-state index in [0.717, 1.165) is 41.6 Å². The summed E-state index contributed by atoms with van der Waals surface area (Å²) in [6.07, 6.45) is 3.19. The van der Waals surface area contributed by atoms with E-state index < -0.39 is 5.60 Å². The van der Waals surface area contributed by atoms with Crippen molar-refractivity contribution in [3.8, 4) is 6.01 Å². The number of fused-ring (bicyclic) bond motifs is 3. The molecule has 2 aliphatic heterocycles. The van der Waals surface area contributed by atoms with Crippen LogP contribution >= 0.6 is 11.3 Å². The number of carbonyl (C=O) groups is 1. The van der Waals surface area contributed by atoms with Crippen LogP contribution in [0.5, 0.6) is 6.01 Å². The van der Waals surface area contributed by atoms with E-state index in [0.29, 0.717) is 17.6 Å². The van der Waals surface area contributed by atoms with E-state index in [1.54, 1.807) is 11.3 Å². The maximum Gasteiger partial charge on any atom is 0.410 e. The van der Waals surface area contributed by atoms with Gasteiger partial charge in [-0.2, -0.15) is 15.1 Å². The minimum absolute atomic E-state index is 0.0379. The lowest BCUT2D eigenvalue weighted by atomic mass is 10.0. The minimum atomic E-state index is -0.496. The van der Waals surface area contributed by atoms with Gasteiger partial charge in [0.05, 0.1) is 5.39 Å².